The van der Waals surface area contributed by atoms with Crippen molar-refractivity contribution in [2.75, 3.05) is 17.8 Å². The molecule has 1 N–H and O–H groups in total. The highest BCUT2D eigenvalue weighted by atomic mass is 32.2. The van der Waals surface area contributed by atoms with Crippen LogP contribution in [-0.4, -0.2) is 37.0 Å². The van der Waals surface area contributed by atoms with Crippen LogP contribution in [0.5, 0.6) is 0 Å². The quantitative estimate of drug-likeness (QED) is 0.631. The fraction of sp³-hybridized carbons (Fsp3) is 0.167. The molecule has 2 aromatic carbocycles. The summed E-state index contributed by atoms with van der Waals surface area (Å²) >= 11 is 1.66. The van der Waals surface area contributed by atoms with Crippen LogP contribution in [0.3, 0.4) is 0 Å². The first-order valence-electron chi connectivity index (χ1n) is 7.92. The van der Waals surface area contributed by atoms with Crippen LogP contribution in [0, 0.1) is 0 Å². The molecule has 0 fully saturated rings. The molecule has 9 heteroatoms. The van der Waals surface area contributed by atoms with E-state index in [1.165, 1.54) is 24.3 Å². The van der Waals surface area contributed by atoms with Gasteiger partial charge in [-0.2, -0.15) is 0 Å². The largest absolute Gasteiger partial charge is 0.407 e. The highest BCUT2D eigenvalue weighted by molar-refractivity contribution is 7.98. The predicted octanol–water partition coefficient (Wildman–Crippen LogP) is 3.04. The number of nitrogens with one attached hydrogen (secondary N) is 1. The molecule has 1 amide bonds. The minimum absolute atomic E-state index is 0.0412. The summed E-state index contributed by atoms with van der Waals surface area (Å²) in [4.78, 5) is 13.5. The molecule has 0 aliphatic heterocycles. The van der Waals surface area contributed by atoms with Crippen LogP contribution >= 0.6 is 11.8 Å². The molecule has 140 valence electrons. The summed E-state index contributed by atoms with van der Waals surface area (Å²) in [6.07, 6.45) is 3.54. The van der Waals surface area contributed by atoms with Gasteiger partial charge >= 0.3 is 6.01 Å². The summed E-state index contributed by atoms with van der Waals surface area (Å²) in [5, 5.41) is 10.2. The number of benzene rings is 2. The Labute approximate surface area is 161 Å². The van der Waals surface area contributed by atoms with E-state index in [9.17, 15) is 13.2 Å². The summed E-state index contributed by atoms with van der Waals surface area (Å²) in [5.41, 5.74) is 1.19. The molecule has 0 saturated carbocycles. The second-order valence-electron chi connectivity index (χ2n) is 5.78. The van der Waals surface area contributed by atoms with Gasteiger partial charge < -0.3 is 4.42 Å². The Morgan fingerprint density at radius 3 is 2.56 bits per heavy atom. The lowest BCUT2D eigenvalue weighted by atomic mass is 10.1. The van der Waals surface area contributed by atoms with Crippen molar-refractivity contribution in [2.24, 2.45) is 0 Å². The third kappa shape index (κ3) is 4.95. The standard InChI is InChI=1S/C18H17N3O4S2/c1-26-14-8-6-12(7-9-14)10-16-20-21-18(25-16)19-17(22)13-4-3-5-15(11-13)27(2,23)24/h3-9,11H,10H2,1-2H3,(H,19,21,22). The van der Waals surface area contributed by atoms with Crippen LogP contribution in [0.2, 0.25) is 0 Å². The van der Waals surface area contributed by atoms with Gasteiger partial charge in [-0.15, -0.1) is 16.9 Å². The molecule has 0 aliphatic rings. The van der Waals surface area contributed by atoms with E-state index in [0.29, 0.717) is 12.3 Å². The summed E-state index contributed by atoms with van der Waals surface area (Å²) < 4.78 is 28.7. The van der Waals surface area contributed by atoms with Gasteiger partial charge in [-0.3, -0.25) is 10.1 Å². The average Bonchev–Trinajstić information content (AvgIpc) is 3.08. The molecule has 0 aliphatic carbocycles. The van der Waals surface area contributed by atoms with Gasteiger partial charge in [0.25, 0.3) is 5.91 Å². The molecule has 27 heavy (non-hydrogen) atoms. The molecule has 3 rings (SSSR count). The number of hydrogen-bond acceptors (Lipinski definition) is 7. The topological polar surface area (TPSA) is 102 Å². The molecule has 0 bridgehead atoms. The maximum absolute atomic E-state index is 12.3. The summed E-state index contributed by atoms with van der Waals surface area (Å²) in [6, 6.07) is 13.7. The van der Waals surface area contributed by atoms with Crippen molar-refractivity contribution < 1.29 is 17.6 Å². The monoisotopic (exact) mass is 403 g/mol. The van der Waals surface area contributed by atoms with Crippen molar-refractivity contribution in [1.29, 1.82) is 0 Å². The van der Waals surface area contributed by atoms with Gasteiger partial charge in [0.05, 0.1) is 11.3 Å². The Kier molecular flexibility index (Phi) is 5.62. The molecule has 0 saturated heterocycles. The van der Waals surface area contributed by atoms with E-state index in [0.717, 1.165) is 16.7 Å². The van der Waals surface area contributed by atoms with Gasteiger partial charge in [-0.25, -0.2) is 8.42 Å². The number of carbonyl (C=O) groups is 1. The lowest BCUT2D eigenvalue weighted by Crippen LogP contribution is -2.13. The lowest BCUT2D eigenvalue weighted by Gasteiger charge is -2.03. The Morgan fingerprint density at radius 1 is 1.15 bits per heavy atom. The number of nitrogens with zero attached hydrogens (tertiary/aromatic N) is 2. The van der Waals surface area contributed by atoms with Crippen LogP contribution in [0.4, 0.5) is 6.01 Å². The lowest BCUT2D eigenvalue weighted by molar-refractivity contribution is 0.102. The Hall–Kier alpha value is -2.65. The zero-order valence-electron chi connectivity index (χ0n) is 14.7. The highest BCUT2D eigenvalue weighted by Gasteiger charge is 2.15. The van der Waals surface area contributed by atoms with Crippen LogP contribution in [0.15, 0.2) is 62.7 Å². The van der Waals surface area contributed by atoms with Crippen molar-refractivity contribution in [3.05, 3.63) is 65.5 Å². The van der Waals surface area contributed by atoms with Crippen molar-refractivity contribution in [3.8, 4) is 0 Å². The van der Waals surface area contributed by atoms with Gasteiger partial charge in [0.2, 0.25) is 5.89 Å². The SMILES string of the molecule is CSc1ccc(Cc2nnc(NC(=O)c3cccc(S(C)(=O)=O)c3)o2)cc1. The smallest absolute Gasteiger partial charge is 0.322 e. The van der Waals surface area contributed by atoms with Gasteiger partial charge in [-0.05, 0) is 42.2 Å². The van der Waals surface area contributed by atoms with Gasteiger partial charge in [0.15, 0.2) is 9.84 Å². The van der Waals surface area contributed by atoms with Crippen molar-refractivity contribution in [2.45, 2.75) is 16.2 Å². The highest BCUT2D eigenvalue weighted by Crippen LogP contribution is 2.18. The third-order valence-electron chi connectivity index (χ3n) is 3.73. The number of rotatable bonds is 6. The van der Waals surface area contributed by atoms with Crippen molar-refractivity contribution in [3.63, 3.8) is 0 Å². The second-order valence-corrected chi connectivity index (χ2v) is 8.68. The summed E-state index contributed by atoms with van der Waals surface area (Å²) in [7, 11) is -3.40. The normalized spacial score (nSPS) is 11.3. The molecule has 1 aromatic heterocycles. The van der Waals surface area contributed by atoms with Crippen LogP contribution in [0.25, 0.3) is 0 Å². The minimum Gasteiger partial charge on any atom is -0.407 e. The van der Waals surface area contributed by atoms with E-state index in [1.807, 2.05) is 30.5 Å². The van der Waals surface area contributed by atoms with Crippen molar-refractivity contribution >= 4 is 33.5 Å². The average molecular weight is 403 g/mol. The van der Waals surface area contributed by atoms with E-state index in [-0.39, 0.29) is 16.5 Å². The van der Waals surface area contributed by atoms with E-state index < -0.39 is 15.7 Å². The van der Waals surface area contributed by atoms with Gasteiger partial charge in [0, 0.05) is 16.7 Å². The molecule has 0 spiro atoms. The molecule has 0 radical (unpaired) electrons. The maximum Gasteiger partial charge on any atom is 0.322 e. The number of carbonyl (C=O) groups excluding carboxylic acids is 1. The number of sulfone groups is 1. The van der Waals surface area contributed by atoms with Crippen LogP contribution < -0.4 is 5.32 Å². The molecule has 1 heterocycles. The fourth-order valence-corrected chi connectivity index (χ4v) is 3.41. The van der Waals surface area contributed by atoms with E-state index in [2.05, 4.69) is 15.5 Å². The minimum atomic E-state index is -3.40. The zero-order chi connectivity index (χ0) is 19.4. The molecule has 0 unspecified atom stereocenters. The molecule has 3 aromatic rings. The summed E-state index contributed by atoms with van der Waals surface area (Å²) in [6.45, 7) is 0. The second kappa shape index (κ2) is 7.93. The third-order valence-corrected chi connectivity index (χ3v) is 5.58. The Balaban J connectivity index is 1.69. The number of hydrogen-bond donors (Lipinski definition) is 1. The molecular weight excluding hydrogens is 386 g/mol. The van der Waals surface area contributed by atoms with E-state index >= 15 is 0 Å². The Morgan fingerprint density at radius 2 is 1.89 bits per heavy atom. The number of amides is 1. The first kappa shape index (κ1) is 19.1. The number of aromatic nitrogens is 2. The molecule has 7 nitrogen and oxygen atoms in total. The fourth-order valence-electron chi connectivity index (χ4n) is 2.33. The summed E-state index contributed by atoms with van der Waals surface area (Å²) in [5.74, 6) is -0.160. The molecular formula is C18H17N3O4S2. The maximum atomic E-state index is 12.3. The number of thioether (sulfide) groups is 1. The van der Waals surface area contributed by atoms with E-state index in [1.54, 1.807) is 11.8 Å². The van der Waals surface area contributed by atoms with Gasteiger partial charge in [-0.1, -0.05) is 23.3 Å². The zero-order valence-corrected chi connectivity index (χ0v) is 16.3. The predicted molar refractivity (Wildman–Crippen MR) is 103 cm³/mol. The van der Waals surface area contributed by atoms with Crippen LogP contribution in [0.1, 0.15) is 21.8 Å². The van der Waals surface area contributed by atoms with Crippen LogP contribution in [-0.2, 0) is 16.3 Å². The first-order chi connectivity index (χ1) is 12.8. The molecule has 0 atom stereocenters. The first-order valence-corrected chi connectivity index (χ1v) is 11.0. The Bertz CT molecular complexity index is 1060. The van der Waals surface area contributed by atoms with Crippen molar-refractivity contribution in [1.82, 2.24) is 10.2 Å². The van der Waals surface area contributed by atoms with Gasteiger partial charge in [0.1, 0.15) is 0 Å². The number of anilines is 1. The van der Waals surface area contributed by atoms with E-state index in [4.69, 9.17) is 4.42 Å².